The highest BCUT2D eigenvalue weighted by Gasteiger charge is 2.19. The highest BCUT2D eigenvalue weighted by Crippen LogP contribution is 2.36. The zero-order valence-corrected chi connectivity index (χ0v) is 22.5. The van der Waals surface area contributed by atoms with Crippen molar-refractivity contribution in [1.82, 2.24) is 5.32 Å². The van der Waals surface area contributed by atoms with Crippen molar-refractivity contribution in [3.05, 3.63) is 142 Å². The van der Waals surface area contributed by atoms with Crippen LogP contribution in [0.3, 0.4) is 0 Å². The maximum Gasteiger partial charge on any atom is 0.335 e. The molecule has 41 heavy (non-hydrogen) atoms. The normalized spacial score (nSPS) is 11.2. The minimum absolute atomic E-state index is 0.164. The lowest BCUT2D eigenvalue weighted by molar-refractivity contribution is 0.0696. The van der Waals surface area contributed by atoms with Gasteiger partial charge in [-0.05, 0) is 92.5 Å². The third-order valence-corrected chi connectivity index (χ3v) is 8.10. The molecule has 0 aliphatic carbocycles. The van der Waals surface area contributed by atoms with Gasteiger partial charge in [0.2, 0.25) is 0 Å². The van der Waals surface area contributed by atoms with Crippen LogP contribution in [0.25, 0.3) is 32.0 Å². The highest BCUT2D eigenvalue weighted by atomic mass is 32.1. The van der Waals surface area contributed by atoms with Gasteiger partial charge in [-0.2, -0.15) is 0 Å². The first kappa shape index (κ1) is 26.3. The number of carboxylic acids is 1. The lowest BCUT2D eigenvalue weighted by Gasteiger charge is -2.12. The Morgan fingerprint density at radius 2 is 1.49 bits per heavy atom. The summed E-state index contributed by atoms with van der Waals surface area (Å²) in [4.78, 5) is 24.8. The third-order valence-electron chi connectivity index (χ3n) is 7.12. The molecule has 1 aromatic heterocycles. The first-order valence-corrected chi connectivity index (χ1v) is 13.8. The van der Waals surface area contributed by atoms with Crippen molar-refractivity contribution in [1.29, 1.82) is 0 Å². The van der Waals surface area contributed by atoms with E-state index in [4.69, 9.17) is 5.11 Å². The summed E-state index contributed by atoms with van der Waals surface area (Å²) in [6.45, 7) is 0.194. The molecule has 5 aromatic carbocycles. The molecule has 0 fully saturated rings. The Morgan fingerprint density at radius 3 is 2.20 bits per heavy atom. The van der Waals surface area contributed by atoms with Crippen LogP contribution in [-0.2, 0) is 13.0 Å². The van der Waals surface area contributed by atoms with Crippen molar-refractivity contribution >= 4 is 44.1 Å². The van der Waals surface area contributed by atoms with Gasteiger partial charge in [0.05, 0.1) is 5.56 Å². The van der Waals surface area contributed by atoms with E-state index in [0.29, 0.717) is 17.5 Å². The molecule has 7 heteroatoms. The standard InChI is InChI=1S/C34H23F2NO3S/c35-28-11-9-21(10-12-28)25-15-29(33(38)37-18-20-5-7-22(8-6-20)34(39)40)32-27(19-41-31(32)17-25)14-26-13-23-3-1-2-4-24(23)16-30(26)36/h1-13,15-17,19H,14,18H2,(H,37,38)(H,39,40). The summed E-state index contributed by atoms with van der Waals surface area (Å²) in [6, 6.07) is 27.1. The van der Waals surface area contributed by atoms with E-state index < -0.39 is 5.97 Å². The molecule has 2 N–H and O–H groups in total. The van der Waals surface area contributed by atoms with Gasteiger partial charge >= 0.3 is 5.97 Å². The molecule has 0 saturated carbocycles. The molecular formula is C34H23F2NO3S. The number of amides is 1. The SMILES string of the molecule is O=C(O)c1ccc(CNC(=O)c2cc(-c3ccc(F)cc3)cc3scc(Cc4cc5ccccc5cc4F)c23)cc1. The van der Waals surface area contributed by atoms with E-state index in [-0.39, 0.29) is 29.6 Å². The molecule has 0 saturated heterocycles. The zero-order chi connectivity index (χ0) is 28.5. The molecule has 0 bridgehead atoms. The van der Waals surface area contributed by atoms with E-state index >= 15 is 4.39 Å². The first-order valence-electron chi connectivity index (χ1n) is 12.9. The largest absolute Gasteiger partial charge is 0.478 e. The molecule has 0 spiro atoms. The van der Waals surface area contributed by atoms with Gasteiger partial charge in [0, 0.05) is 28.6 Å². The average molecular weight is 564 g/mol. The molecule has 0 aliphatic rings. The molecule has 6 rings (SSSR count). The quantitative estimate of drug-likeness (QED) is 0.206. The summed E-state index contributed by atoms with van der Waals surface area (Å²) in [7, 11) is 0. The summed E-state index contributed by atoms with van der Waals surface area (Å²) in [5, 5.41) is 16.5. The van der Waals surface area contributed by atoms with Crippen molar-refractivity contribution in [3.63, 3.8) is 0 Å². The molecule has 0 radical (unpaired) electrons. The Morgan fingerprint density at radius 1 is 0.780 bits per heavy atom. The Labute approximate surface area is 238 Å². The number of halogens is 2. The Kier molecular flexibility index (Phi) is 7.03. The summed E-state index contributed by atoms with van der Waals surface area (Å²) in [5.41, 5.74) is 4.25. The van der Waals surface area contributed by atoms with Crippen LogP contribution in [0.1, 0.15) is 37.4 Å². The van der Waals surface area contributed by atoms with Gasteiger partial charge in [-0.25, -0.2) is 13.6 Å². The minimum Gasteiger partial charge on any atom is -0.478 e. The van der Waals surface area contributed by atoms with Crippen LogP contribution in [0.2, 0.25) is 0 Å². The summed E-state index contributed by atoms with van der Waals surface area (Å²) >= 11 is 1.47. The second kappa shape index (κ2) is 10.9. The van der Waals surface area contributed by atoms with Gasteiger partial charge in [-0.1, -0.05) is 48.5 Å². The second-order valence-electron chi connectivity index (χ2n) is 9.82. The number of carbonyl (C=O) groups excluding carboxylic acids is 1. The molecule has 4 nitrogen and oxygen atoms in total. The van der Waals surface area contributed by atoms with E-state index in [1.165, 1.54) is 41.7 Å². The minimum atomic E-state index is -1.02. The zero-order valence-electron chi connectivity index (χ0n) is 21.7. The molecule has 1 heterocycles. The van der Waals surface area contributed by atoms with E-state index in [0.717, 1.165) is 43.1 Å². The van der Waals surface area contributed by atoms with Crippen LogP contribution in [-0.4, -0.2) is 17.0 Å². The van der Waals surface area contributed by atoms with Crippen LogP contribution in [0.4, 0.5) is 8.78 Å². The molecule has 0 unspecified atom stereocenters. The van der Waals surface area contributed by atoms with Crippen LogP contribution < -0.4 is 5.32 Å². The van der Waals surface area contributed by atoms with E-state index in [1.54, 1.807) is 30.3 Å². The van der Waals surface area contributed by atoms with Gasteiger partial charge in [0.1, 0.15) is 11.6 Å². The Bertz CT molecular complexity index is 1930. The Hall–Kier alpha value is -4.88. The molecule has 0 atom stereocenters. The van der Waals surface area contributed by atoms with E-state index in [9.17, 15) is 14.0 Å². The van der Waals surface area contributed by atoms with Crippen LogP contribution in [0.5, 0.6) is 0 Å². The van der Waals surface area contributed by atoms with Crippen molar-refractivity contribution < 1.29 is 23.5 Å². The number of nitrogens with one attached hydrogen (secondary N) is 1. The third kappa shape index (κ3) is 5.44. The summed E-state index contributed by atoms with van der Waals surface area (Å²) in [5.74, 6) is -1.99. The molecular weight excluding hydrogens is 540 g/mol. The van der Waals surface area contributed by atoms with Gasteiger partial charge < -0.3 is 10.4 Å². The number of carbonyl (C=O) groups is 2. The van der Waals surface area contributed by atoms with Crippen LogP contribution >= 0.6 is 11.3 Å². The van der Waals surface area contributed by atoms with Gasteiger partial charge in [-0.15, -0.1) is 11.3 Å². The van der Waals surface area contributed by atoms with Crippen molar-refractivity contribution in [2.45, 2.75) is 13.0 Å². The fourth-order valence-electron chi connectivity index (χ4n) is 4.99. The topological polar surface area (TPSA) is 66.4 Å². The maximum atomic E-state index is 15.1. The van der Waals surface area contributed by atoms with Crippen LogP contribution in [0.15, 0.2) is 102 Å². The first-order chi connectivity index (χ1) is 19.9. The lowest BCUT2D eigenvalue weighted by atomic mass is 9.95. The number of rotatable bonds is 7. The molecule has 1 amide bonds. The van der Waals surface area contributed by atoms with Crippen molar-refractivity contribution in [2.24, 2.45) is 0 Å². The predicted octanol–water partition coefficient (Wildman–Crippen LogP) is 8.22. The van der Waals surface area contributed by atoms with Gasteiger partial charge in [0.25, 0.3) is 5.91 Å². The number of hydrogen-bond acceptors (Lipinski definition) is 3. The van der Waals surface area contributed by atoms with Gasteiger partial charge in [-0.3, -0.25) is 4.79 Å². The van der Waals surface area contributed by atoms with E-state index in [2.05, 4.69) is 5.32 Å². The number of hydrogen-bond donors (Lipinski definition) is 2. The van der Waals surface area contributed by atoms with Crippen molar-refractivity contribution in [2.75, 3.05) is 0 Å². The number of benzene rings is 5. The summed E-state index contributed by atoms with van der Waals surface area (Å²) < 4.78 is 29.6. The fourth-order valence-corrected chi connectivity index (χ4v) is 6.02. The fraction of sp³-hybridized carbons (Fsp3) is 0.0588. The predicted molar refractivity (Wildman–Crippen MR) is 159 cm³/mol. The molecule has 202 valence electrons. The summed E-state index contributed by atoms with van der Waals surface area (Å²) in [6.07, 6.45) is 0.309. The molecule has 0 aliphatic heterocycles. The van der Waals surface area contributed by atoms with E-state index in [1.807, 2.05) is 41.8 Å². The smallest absolute Gasteiger partial charge is 0.335 e. The number of carboxylic acid groups (broad SMARTS) is 1. The monoisotopic (exact) mass is 563 g/mol. The Balaban J connectivity index is 1.39. The number of thiophene rings is 1. The second-order valence-corrected chi connectivity index (χ2v) is 10.7. The number of aromatic carboxylic acids is 1. The van der Waals surface area contributed by atoms with Crippen molar-refractivity contribution in [3.8, 4) is 11.1 Å². The molecule has 6 aromatic rings. The number of fused-ring (bicyclic) bond motifs is 2. The average Bonchev–Trinajstić information content (AvgIpc) is 3.39. The lowest BCUT2D eigenvalue weighted by Crippen LogP contribution is -2.23. The maximum absolute atomic E-state index is 15.1. The van der Waals surface area contributed by atoms with Crippen LogP contribution in [0, 0.1) is 11.6 Å². The van der Waals surface area contributed by atoms with Gasteiger partial charge in [0.15, 0.2) is 0 Å². The highest BCUT2D eigenvalue weighted by molar-refractivity contribution is 7.17.